The van der Waals surface area contributed by atoms with Crippen molar-refractivity contribution < 1.29 is 14.5 Å². The molecule has 0 aromatic heterocycles. The van der Waals surface area contributed by atoms with Gasteiger partial charge in [0.15, 0.2) is 0 Å². The summed E-state index contributed by atoms with van der Waals surface area (Å²) in [7, 11) is 1.41. The molecule has 0 bridgehead atoms. The number of thioether (sulfide) groups is 1. The van der Waals surface area contributed by atoms with E-state index in [1.807, 2.05) is 6.07 Å². The molecule has 0 amide bonds. The number of hydrogen-bond acceptors (Lipinski definition) is 5. The molecule has 1 aromatic rings. The SMILES string of the molecule is COC(=O)CC1(CSCc2ccc(Br)c([N+](=O)[O-])c2)CC1. The zero-order chi connectivity index (χ0) is 15.5. The summed E-state index contributed by atoms with van der Waals surface area (Å²) in [6.07, 6.45) is 2.57. The van der Waals surface area contributed by atoms with Crippen LogP contribution >= 0.6 is 27.7 Å². The third-order valence-corrected chi connectivity index (χ3v) is 5.61. The van der Waals surface area contributed by atoms with E-state index in [1.54, 1.807) is 23.9 Å². The minimum absolute atomic E-state index is 0.0824. The van der Waals surface area contributed by atoms with Crippen LogP contribution < -0.4 is 0 Å². The van der Waals surface area contributed by atoms with Gasteiger partial charge >= 0.3 is 5.97 Å². The summed E-state index contributed by atoms with van der Waals surface area (Å²) in [5.74, 6) is 1.43. The Kier molecular flexibility index (Phi) is 5.27. The molecule has 1 saturated carbocycles. The van der Waals surface area contributed by atoms with Crippen LogP contribution in [0.4, 0.5) is 5.69 Å². The Morgan fingerprint density at radius 1 is 1.52 bits per heavy atom. The van der Waals surface area contributed by atoms with Gasteiger partial charge in [0.25, 0.3) is 5.69 Å². The fourth-order valence-electron chi connectivity index (χ4n) is 2.10. The van der Waals surface area contributed by atoms with E-state index in [0.29, 0.717) is 16.6 Å². The molecule has 114 valence electrons. The summed E-state index contributed by atoms with van der Waals surface area (Å²) in [5.41, 5.74) is 1.09. The van der Waals surface area contributed by atoms with Crippen molar-refractivity contribution in [3.63, 3.8) is 0 Å². The van der Waals surface area contributed by atoms with Crippen molar-refractivity contribution in [2.75, 3.05) is 12.9 Å². The molecule has 21 heavy (non-hydrogen) atoms. The lowest BCUT2D eigenvalue weighted by atomic mass is 10.1. The number of benzene rings is 1. The number of ether oxygens (including phenoxy) is 1. The number of nitro groups is 1. The smallest absolute Gasteiger partial charge is 0.306 e. The predicted molar refractivity (Wildman–Crippen MR) is 85.3 cm³/mol. The van der Waals surface area contributed by atoms with Crippen molar-refractivity contribution >= 4 is 39.3 Å². The third kappa shape index (κ3) is 4.44. The summed E-state index contributed by atoms with van der Waals surface area (Å²) >= 11 is 4.89. The molecule has 0 unspecified atom stereocenters. The van der Waals surface area contributed by atoms with E-state index in [1.165, 1.54) is 7.11 Å². The second-order valence-corrected chi connectivity index (χ2v) is 7.13. The number of nitro benzene ring substituents is 1. The number of halogens is 1. The minimum atomic E-state index is -0.391. The number of esters is 1. The monoisotopic (exact) mass is 373 g/mol. The zero-order valence-electron chi connectivity index (χ0n) is 11.6. The number of carbonyl (C=O) groups excluding carboxylic acids is 1. The van der Waals surface area contributed by atoms with Gasteiger partial charge in [0.1, 0.15) is 0 Å². The predicted octanol–water partition coefficient (Wildman–Crippen LogP) is 3.93. The Balaban J connectivity index is 1.88. The Bertz CT molecular complexity index is 560. The number of rotatable bonds is 7. The molecular weight excluding hydrogens is 358 g/mol. The highest BCUT2D eigenvalue weighted by Crippen LogP contribution is 2.51. The molecule has 7 heteroatoms. The summed E-state index contributed by atoms with van der Waals surface area (Å²) in [5, 5.41) is 10.9. The number of carbonyl (C=O) groups is 1. The van der Waals surface area contributed by atoms with Crippen LogP contribution in [0.3, 0.4) is 0 Å². The van der Waals surface area contributed by atoms with E-state index in [0.717, 1.165) is 24.2 Å². The highest BCUT2D eigenvalue weighted by Gasteiger charge is 2.44. The highest BCUT2D eigenvalue weighted by molar-refractivity contribution is 9.10. The number of nitrogens with zero attached hydrogens (tertiary/aromatic N) is 1. The lowest BCUT2D eigenvalue weighted by Gasteiger charge is -2.13. The van der Waals surface area contributed by atoms with Crippen LogP contribution in [0, 0.1) is 15.5 Å². The molecule has 0 radical (unpaired) electrons. The molecule has 2 rings (SSSR count). The molecule has 0 spiro atoms. The van der Waals surface area contributed by atoms with Crippen LogP contribution in [0.25, 0.3) is 0 Å². The zero-order valence-corrected chi connectivity index (χ0v) is 14.0. The van der Waals surface area contributed by atoms with E-state index >= 15 is 0 Å². The standard InChI is InChI=1S/C14H16BrNO4S/c1-20-13(17)7-14(4-5-14)9-21-8-10-2-3-11(15)12(6-10)16(18)19/h2-3,6H,4-5,7-9H2,1H3. The Morgan fingerprint density at radius 3 is 2.81 bits per heavy atom. The normalized spacial score (nSPS) is 15.5. The Morgan fingerprint density at radius 2 is 2.24 bits per heavy atom. The minimum Gasteiger partial charge on any atom is -0.469 e. The van der Waals surface area contributed by atoms with Crippen LogP contribution in [-0.4, -0.2) is 23.8 Å². The van der Waals surface area contributed by atoms with Crippen LogP contribution in [0.15, 0.2) is 22.7 Å². The van der Waals surface area contributed by atoms with E-state index in [4.69, 9.17) is 4.74 Å². The Labute approximate surface area is 135 Å². The van der Waals surface area contributed by atoms with Crippen molar-refractivity contribution in [2.24, 2.45) is 5.41 Å². The topological polar surface area (TPSA) is 69.4 Å². The van der Waals surface area contributed by atoms with Crippen molar-refractivity contribution in [3.8, 4) is 0 Å². The average molecular weight is 374 g/mol. The molecule has 1 aliphatic rings. The highest BCUT2D eigenvalue weighted by atomic mass is 79.9. The van der Waals surface area contributed by atoms with Crippen molar-refractivity contribution in [1.82, 2.24) is 0 Å². The first-order chi connectivity index (χ1) is 9.96. The molecule has 0 aliphatic heterocycles. The largest absolute Gasteiger partial charge is 0.469 e. The molecule has 1 fully saturated rings. The van der Waals surface area contributed by atoms with Crippen LogP contribution in [0.1, 0.15) is 24.8 Å². The Hall–Kier alpha value is -1.08. The summed E-state index contributed by atoms with van der Waals surface area (Å²) < 4.78 is 5.21. The lowest BCUT2D eigenvalue weighted by Crippen LogP contribution is -2.13. The summed E-state index contributed by atoms with van der Waals surface area (Å²) in [6, 6.07) is 5.18. The second-order valence-electron chi connectivity index (χ2n) is 5.29. The van der Waals surface area contributed by atoms with Crippen LogP contribution in [0.5, 0.6) is 0 Å². The van der Waals surface area contributed by atoms with E-state index in [-0.39, 0.29) is 17.1 Å². The van der Waals surface area contributed by atoms with Crippen LogP contribution in [0.2, 0.25) is 0 Å². The van der Waals surface area contributed by atoms with Crippen molar-refractivity contribution in [1.29, 1.82) is 0 Å². The molecule has 1 aromatic carbocycles. The van der Waals surface area contributed by atoms with Gasteiger partial charge in [0, 0.05) is 11.8 Å². The van der Waals surface area contributed by atoms with Gasteiger partial charge in [-0.05, 0) is 51.6 Å². The molecule has 5 nitrogen and oxygen atoms in total. The molecule has 1 aliphatic carbocycles. The van der Waals surface area contributed by atoms with Gasteiger partial charge in [-0.2, -0.15) is 11.8 Å². The van der Waals surface area contributed by atoms with Gasteiger partial charge in [-0.1, -0.05) is 6.07 Å². The van der Waals surface area contributed by atoms with E-state index in [2.05, 4.69) is 15.9 Å². The van der Waals surface area contributed by atoms with E-state index in [9.17, 15) is 14.9 Å². The molecule has 0 saturated heterocycles. The van der Waals surface area contributed by atoms with Crippen LogP contribution in [-0.2, 0) is 15.3 Å². The summed E-state index contributed by atoms with van der Waals surface area (Å²) in [6.45, 7) is 0. The van der Waals surface area contributed by atoms with Gasteiger partial charge < -0.3 is 4.74 Å². The molecule has 0 heterocycles. The molecular formula is C14H16BrNO4S. The number of methoxy groups -OCH3 is 1. The molecule has 0 atom stereocenters. The van der Waals surface area contributed by atoms with Gasteiger partial charge in [-0.25, -0.2) is 0 Å². The maximum Gasteiger partial charge on any atom is 0.306 e. The van der Waals surface area contributed by atoms with E-state index < -0.39 is 4.92 Å². The maximum atomic E-state index is 11.3. The lowest BCUT2D eigenvalue weighted by molar-refractivity contribution is -0.385. The number of hydrogen-bond donors (Lipinski definition) is 0. The van der Waals surface area contributed by atoms with Gasteiger partial charge in [-0.15, -0.1) is 0 Å². The third-order valence-electron chi connectivity index (χ3n) is 3.59. The first-order valence-corrected chi connectivity index (χ1v) is 8.48. The molecule has 0 N–H and O–H groups in total. The van der Waals surface area contributed by atoms with Crippen molar-refractivity contribution in [2.45, 2.75) is 25.0 Å². The maximum absolute atomic E-state index is 11.3. The quantitative estimate of drug-likeness (QED) is 0.411. The summed E-state index contributed by atoms with van der Waals surface area (Å²) in [4.78, 5) is 21.8. The fraction of sp³-hybridized carbons (Fsp3) is 0.500. The van der Waals surface area contributed by atoms with Crippen molar-refractivity contribution in [3.05, 3.63) is 38.3 Å². The van der Waals surface area contributed by atoms with Gasteiger partial charge in [0.2, 0.25) is 0 Å². The first kappa shape index (κ1) is 16.3. The fourth-order valence-corrected chi connectivity index (χ4v) is 3.83. The second kappa shape index (κ2) is 6.79. The average Bonchev–Trinajstić information content (AvgIpc) is 3.20. The van der Waals surface area contributed by atoms with Gasteiger partial charge in [-0.3, -0.25) is 14.9 Å². The first-order valence-electron chi connectivity index (χ1n) is 6.53. The van der Waals surface area contributed by atoms with Gasteiger partial charge in [0.05, 0.1) is 22.9 Å².